The number of nitrogens with zero attached hydrogens (tertiary/aromatic N) is 3. The van der Waals surface area contributed by atoms with E-state index in [1.165, 1.54) is 31.2 Å². The fourth-order valence-electron chi connectivity index (χ4n) is 3.92. The maximum atomic E-state index is 12.0. The van der Waals surface area contributed by atoms with Crippen LogP contribution in [0, 0.1) is 5.92 Å². The molecule has 1 unspecified atom stereocenters. The molecule has 1 aliphatic heterocycles. The maximum Gasteiger partial charge on any atom is 0.315 e. The number of carbonyl (C=O) groups excluding carboxylic acids is 1. The van der Waals surface area contributed by atoms with Crippen molar-refractivity contribution in [2.45, 2.75) is 64.6 Å². The van der Waals surface area contributed by atoms with Crippen LogP contribution in [0.3, 0.4) is 0 Å². The van der Waals surface area contributed by atoms with Crippen LogP contribution >= 0.6 is 0 Å². The van der Waals surface area contributed by atoms with Gasteiger partial charge in [0.05, 0.1) is 6.20 Å². The summed E-state index contributed by atoms with van der Waals surface area (Å²) < 4.78 is 1.98. The van der Waals surface area contributed by atoms with Crippen molar-refractivity contribution in [3.63, 3.8) is 0 Å². The molecule has 1 aromatic rings. The third-order valence-corrected chi connectivity index (χ3v) is 5.26. The first kappa shape index (κ1) is 17.3. The number of piperidine rings is 1. The van der Waals surface area contributed by atoms with Crippen LogP contribution in [0.5, 0.6) is 0 Å². The molecule has 2 aliphatic rings. The minimum atomic E-state index is 0.0169. The Kier molecular flexibility index (Phi) is 6.12. The highest BCUT2D eigenvalue weighted by Gasteiger charge is 2.22. The summed E-state index contributed by atoms with van der Waals surface area (Å²) in [5.74, 6) is 0.550. The molecule has 1 aromatic heterocycles. The zero-order valence-corrected chi connectivity index (χ0v) is 14.8. The third kappa shape index (κ3) is 4.97. The topological polar surface area (TPSA) is 62.2 Å². The highest BCUT2D eigenvalue weighted by Crippen LogP contribution is 2.19. The Morgan fingerprint density at radius 1 is 1.29 bits per heavy atom. The fraction of sp³-hybridized carbons (Fsp3) is 0.778. The highest BCUT2D eigenvalue weighted by molar-refractivity contribution is 5.74. The molecule has 2 heterocycles. The summed E-state index contributed by atoms with van der Waals surface area (Å²) in [6, 6.07) is 0.409. The second-order valence-corrected chi connectivity index (χ2v) is 7.28. The molecule has 24 heavy (non-hydrogen) atoms. The standard InChI is InChI=1S/C18H31N5O/c1-2-23-14-16(11-20-23)13-22-9-5-6-15(12-22)10-19-18(24)21-17-7-3-4-8-17/h11,14-15,17H,2-10,12-13H2,1H3,(H2,19,21,24). The number of aromatic nitrogens is 2. The number of likely N-dealkylation sites (tertiary alicyclic amines) is 1. The Morgan fingerprint density at radius 2 is 2.12 bits per heavy atom. The Morgan fingerprint density at radius 3 is 2.88 bits per heavy atom. The lowest BCUT2D eigenvalue weighted by Gasteiger charge is -2.32. The average Bonchev–Trinajstić information content (AvgIpc) is 3.25. The zero-order chi connectivity index (χ0) is 16.8. The van der Waals surface area contributed by atoms with Crippen molar-refractivity contribution in [2.75, 3.05) is 19.6 Å². The number of amides is 2. The number of urea groups is 1. The van der Waals surface area contributed by atoms with Gasteiger partial charge in [-0.1, -0.05) is 12.8 Å². The molecule has 3 rings (SSSR count). The molecule has 1 atom stereocenters. The first-order chi connectivity index (χ1) is 11.7. The molecule has 6 heteroatoms. The minimum Gasteiger partial charge on any atom is -0.338 e. The summed E-state index contributed by atoms with van der Waals surface area (Å²) in [6.45, 7) is 6.97. The van der Waals surface area contributed by atoms with Crippen LogP contribution in [-0.2, 0) is 13.1 Å². The molecule has 1 aliphatic carbocycles. The molecule has 0 spiro atoms. The summed E-state index contributed by atoms with van der Waals surface area (Å²) in [6.07, 6.45) is 11.3. The van der Waals surface area contributed by atoms with E-state index in [1.54, 1.807) is 0 Å². The van der Waals surface area contributed by atoms with Crippen molar-refractivity contribution in [3.05, 3.63) is 18.0 Å². The molecule has 2 amide bonds. The number of nitrogens with one attached hydrogen (secondary N) is 2. The van der Waals surface area contributed by atoms with E-state index in [9.17, 15) is 4.79 Å². The van der Waals surface area contributed by atoms with Crippen molar-refractivity contribution < 1.29 is 4.79 Å². The number of aryl methyl sites for hydroxylation is 1. The third-order valence-electron chi connectivity index (χ3n) is 5.26. The van der Waals surface area contributed by atoms with E-state index in [-0.39, 0.29) is 6.03 Å². The van der Waals surface area contributed by atoms with E-state index in [0.29, 0.717) is 12.0 Å². The average molecular weight is 333 g/mol. The van der Waals surface area contributed by atoms with Gasteiger partial charge in [0.15, 0.2) is 0 Å². The summed E-state index contributed by atoms with van der Waals surface area (Å²) in [5, 5.41) is 10.5. The van der Waals surface area contributed by atoms with E-state index < -0.39 is 0 Å². The van der Waals surface area contributed by atoms with E-state index in [2.05, 4.69) is 33.8 Å². The predicted molar refractivity (Wildman–Crippen MR) is 94.7 cm³/mol. The van der Waals surface area contributed by atoms with Crippen LogP contribution in [0.4, 0.5) is 4.79 Å². The van der Waals surface area contributed by atoms with Crippen LogP contribution in [0.1, 0.15) is 51.0 Å². The van der Waals surface area contributed by atoms with Crippen molar-refractivity contribution in [3.8, 4) is 0 Å². The number of carbonyl (C=O) groups is 1. The van der Waals surface area contributed by atoms with Gasteiger partial charge in [0, 0.05) is 44.0 Å². The molecule has 0 bridgehead atoms. The summed E-state index contributed by atoms with van der Waals surface area (Å²) in [5.41, 5.74) is 1.28. The second-order valence-electron chi connectivity index (χ2n) is 7.28. The zero-order valence-electron chi connectivity index (χ0n) is 14.8. The van der Waals surface area contributed by atoms with E-state index in [1.807, 2.05) is 10.9 Å². The molecule has 0 aromatic carbocycles. The fourth-order valence-corrected chi connectivity index (χ4v) is 3.92. The van der Waals surface area contributed by atoms with Crippen molar-refractivity contribution in [1.82, 2.24) is 25.3 Å². The Balaban J connectivity index is 1.39. The molecule has 6 nitrogen and oxygen atoms in total. The normalized spacial score (nSPS) is 22.6. The molecule has 0 radical (unpaired) electrons. The van der Waals surface area contributed by atoms with Crippen molar-refractivity contribution in [2.24, 2.45) is 5.92 Å². The number of hydrogen-bond acceptors (Lipinski definition) is 3. The van der Waals surface area contributed by atoms with Crippen LogP contribution in [0.15, 0.2) is 12.4 Å². The summed E-state index contributed by atoms with van der Waals surface area (Å²) in [7, 11) is 0. The van der Waals surface area contributed by atoms with Gasteiger partial charge < -0.3 is 10.6 Å². The first-order valence-corrected chi connectivity index (χ1v) is 9.51. The number of rotatable bonds is 6. The van der Waals surface area contributed by atoms with Gasteiger partial charge in [-0.15, -0.1) is 0 Å². The quantitative estimate of drug-likeness (QED) is 0.840. The van der Waals surface area contributed by atoms with Gasteiger partial charge in [-0.05, 0) is 45.1 Å². The van der Waals surface area contributed by atoms with Gasteiger partial charge >= 0.3 is 6.03 Å². The van der Waals surface area contributed by atoms with Crippen LogP contribution in [0.2, 0.25) is 0 Å². The van der Waals surface area contributed by atoms with E-state index in [0.717, 1.165) is 45.6 Å². The molecule has 134 valence electrons. The second kappa shape index (κ2) is 8.51. The first-order valence-electron chi connectivity index (χ1n) is 9.51. The molecule has 2 fully saturated rings. The molecule has 1 saturated carbocycles. The lowest BCUT2D eigenvalue weighted by atomic mass is 9.98. The van der Waals surface area contributed by atoms with Gasteiger partial charge in [0.2, 0.25) is 0 Å². The van der Waals surface area contributed by atoms with Crippen LogP contribution in [0.25, 0.3) is 0 Å². The lowest BCUT2D eigenvalue weighted by Crippen LogP contribution is -2.45. The highest BCUT2D eigenvalue weighted by atomic mass is 16.2. The van der Waals surface area contributed by atoms with Gasteiger partial charge in [-0.25, -0.2) is 4.79 Å². The Bertz CT molecular complexity index is 523. The van der Waals surface area contributed by atoms with Gasteiger partial charge in [0.25, 0.3) is 0 Å². The lowest BCUT2D eigenvalue weighted by molar-refractivity contribution is 0.165. The van der Waals surface area contributed by atoms with Crippen LogP contribution < -0.4 is 10.6 Å². The van der Waals surface area contributed by atoms with Gasteiger partial charge in [0.1, 0.15) is 0 Å². The predicted octanol–water partition coefficient (Wildman–Crippen LogP) is 2.36. The molecular formula is C18H31N5O. The minimum absolute atomic E-state index is 0.0169. The van der Waals surface area contributed by atoms with Gasteiger partial charge in [-0.3, -0.25) is 9.58 Å². The Labute approximate surface area is 145 Å². The summed E-state index contributed by atoms with van der Waals surface area (Å²) in [4.78, 5) is 14.5. The van der Waals surface area contributed by atoms with E-state index >= 15 is 0 Å². The maximum absolute atomic E-state index is 12.0. The molecule has 2 N–H and O–H groups in total. The van der Waals surface area contributed by atoms with Crippen molar-refractivity contribution >= 4 is 6.03 Å². The molecular weight excluding hydrogens is 302 g/mol. The van der Waals surface area contributed by atoms with Crippen LogP contribution in [-0.4, -0.2) is 46.4 Å². The smallest absolute Gasteiger partial charge is 0.315 e. The van der Waals surface area contributed by atoms with E-state index in [4.69, 9.17) is 0 Å². The summed E-state index contributed by atoms with van der Waals surface area (Å²) >= 11 is 0. The van der Waals surface area contributed by atoms with Gasteiger partial charge in [-0.2, -0.15) is 5.10 Å². The number of hydrogen-bond donors (Lipinski definition) is 2. The SMILES string of the molecule is CCn1cc(CN2CCCC(CNC(=O)NC3CCCC3)C2)cn1. The Hall–Kier alpha value is -1.56. The van der Waals surface area contributed by atoms with Crippen molar-refractivity contribution in [1.29, 1.82) is 0 Å². The largest absolute Gasteiger partial charge is 0.338 e. The molecule has 1 saturated heterocycles. The monoisotopic (exact) mass is 333 g/mol.